The topological polar surface area (TPSA) is 64.0 Å². The number of amides is 1. The molecular weight excluding hydrogens is 390 g/mol. The summed E-state index contributed by atoms with van der Waals surface area (Å²) in [6.45, 7) is 2.10. The molecule has 0 aliphatic carbocycles. The molecule has 0 unspecified atom stereocenters. The number of aromatic nitrogens is 2. The zero-order valence-corrected chi connectivity index (χ0v) is 16.9. The zero-order chi connectivity index (χ0) is 19.5. The van der Waals surface area contributed by atoms with Crippen molar-refractivity contribution in [2.75, 3.05) is 11.1 Å². The van der Waals surface area contributed by atoms with E-state index in [9.17, 15) is 9.59 Å². The predicted octanol–water partition coefficient (Wildman–Crippen LogP) is 4.00. The SMILES string of the molecule is C[C@@H]1Cc2nc(SCC(=O)Nc3ccccc3)n(-c3ccccc3)c(=O)c2S1. The number of hydrogen-bond acceptors (Lipinski definition) is 5. The molecule has 1 N–H and O–H groups in total. The molecule has 0 saturated heterocycles. The Morgan fingerprint density at radius 2 is 1.86 bits per heavy atom. The minimum atomic E-state index is -0.131. The number of thioether (sulfide) groups is 2. The second-order valence-electron chi connectivity index (χ2n) is 6.48. The van der Waals surface area contributed by atoms with Gasteiger partial charge < -0.3 is 5.32 Å². The van der Waals surface area contributed by atoms with Crippen molar-refractivity contribution < 1.29 is 4.79 Å². The summed E-state index contributed by atoms with van der Waals surface area (Å²) >= 11 is 2.86. The van der Waals surface area contributed by atoms with Crippen LogP contribution in [0.25, 0.3) is 5.69 Å². The lowest BCUT2D eigenvalue weighted by atomic mass is 10.2. The van der Waals surface area contributed by atoms with Gasteiger partial charge in [0.05, 0.1) is 22.0 Å². The molecule has 142 valence electrons. The summed E-state index contributed by atoms with van der Waals surface area (Å²) in [5.41, 5.74) is 2.28. The van der Waals surface area contributed by atoms with Crippen LogP contribution >= 0.6 is 23.5 Å². The third-order valence-corrected chi connectivity index (χ3v) is 6.44. The number of para-hydroxylation sites is 2. The number of nitrogens with zero attached hydrogens (tertiary/aromatic N) is 2. The van der Waals surface area contributed by atoms with Gasteiger partial charge in [-0.15, -0.1) is 11.8 Å². The Labute approximate surface area is 171 Å². The van der Waals surface area contributed by atoms with Crippen LogP contribution in [-0.2, 0) is 11.2 Å². The fourth-order valence-corrected chi connectivity index (χ4v) is 4.98. The van der Waals surface area contributed by atoms with E-state index in [2.05, 4.69) is 12.2 Å². The lowest BCUT2D eigenvalue weighted by Gasteiger charge is -2.13. The van der Waals surface area contributed by atoms with E-state index in [1.807, 2.05) is 60.7 Å². The van der Waals surface area contributed by atoms with Crippen LogP contribution in [0.15, 0.2) is 75.5 Å². The van der Waals surface area contributed by atoms with Gasteiger partial charge >= 0.3 is 0 Å². The van der Waals surface area contributed by atoms with Gasteiger partial charge in [0.2, 0.25) is 5.91 Å². The number of hydrogen-bond donors (Lipinski definition) is 1. The normalized spacial score (nSPS) is 15.2. The fraction of sp³-hybridized carbons (Fsp3) is 0.190. The summed E-state index contributed by atoms with van der Waals surface area (Å²) in [5.74, 6) is 0.0450. The van der Waals surface area contributed by atoms with Crippen molar-refractivity contribution in [2.45, 2.75) is 28.6 Å². The highest BCUT2D eigenvalue weighted by Gasteiger charge is 2.27. The highest BCUT2D eigenvalue weighted by atomic mass is 32.2. The summed E-state index contributed by atoms with van der Waals surface area (Å²) in [6.07, 6.45) is 0.772. The molecule has 1 aliphatic rings. The number of benzene rings is 2. The number of anilines is 1. The fourth-order valence-electron chi connectivity index (χ4n) is 3.05. The molecule has 0 bridgehead atoms. The first kappa shape index (κ1) is 18.8. The van der Waals surface area contributed by atoms with Crippen molar-refractivity contribution in [3.8, 4) is 5.69 Å². The minimum Gasteiger partial charge on any atom is -0.325 e. The third kappa shape index (κ3) is 4.00. The number of nitrogens with one attached hydrogen (secondary N) is 1. The molecule has 2 heterocycles. The number of fused-ring (bicyclic) bond motifs is 1. The van der Waals surface area contributed by atoms with Crippen molar-refractivity contribution in [2.24, 2.45) is 0 Å². The van der Waals surface area contributed by atoms with E-state index < -0.39 is 0 Å². The van der Waals surface area contributed by atoms with Crippen molar-refractivity contribution in [3.63, 3.8) is 0 Å². The summed E-state index contributed by atoms with van der Waals surface area (Å²) in [4.78, 5) is 31.0. The Balaban J connectivity index is 1.63. The van der Waals surface area contributed by atoms with E-state index in [0.717, 1.165) is 28.4 Å². The van der Waals surface area contributed by atoms with E-state index in [1.165, 1.54) is 11.8 Å². The molecule has 1 atom stereocenters. The standard InChI is InChI=1S/C21H19N3O2S2/c1-14-12-17-19(28-14)20(26)24(16-10-6-3-7-11-16)21(23-17)27-13-18(25)22-15-8-4-2-5-9-15/h2-11,14H,12-13H2,1H3,(H,22,25)/t14-/m1/s1. The molecule has 0 spiro atoms. The van der Waals surface area contributed by atoms with Gasteiger partial charge in [-0.1, -0.05) is 55.1 Å². The molecule has 28 heavy (non-hydrogen) atoms. The van der Waals surface area contributed by atoms with Gasteiger partial charge in [-0.05, 0) is 24.3 Å². The van der Waals surface area contributed by atoms with Crippen LogP contribution < -0.4 is 10.9 Å². The van der Waals surface area contributed by atoms with Crippen LogP contribution in [0.5, 0.6) is 0 Å². The smallest absolute Gasteiger partial charge is 0.272 e. The molecular formula is C21H19N3O2S2. The Hall–Kier alpha value is -2.51. The van der Waals surface area contributed by atoms with Crippen LogP contribution in [0.4, 0.5) is 5.69 Å². The van der Waals surface area contributed by atoms with Gasteiger partial charge in [0, 0.05) is 17.4 Å². The van der Waals surface area contributed by atoms with Crippen LogP contribution in [0.1, 0.15) is 12.6 Å². The molecule has 0 saturated carbocycles. The van der Waals surface area contributed by atoms with E-state index in [0.29, 0.717) is 10.4 Å². The summed E-state index contributed by atoms with van der Waals surface area (Å²) in [7, 11) is 0. The van der Waals surface area contributed by atoms with E-state index in [1.54, 1.807) is 16.3 Å². The largest absolute Gasteiger partial charge is 0.325 e. The summed E-state index contributed by atoms with van der Waals surface area (Å²) in [6, 6.07) is 18.8. The molecule has 1 amide bonds. The second-order valence-corrected chi connectivity index (χ2v) is 8.87. The van der Waals surface area contributed by atoms with Gasteiger partial charge in [0.15, 0.2) is 5.16 Å². The van der Waals surface area contributed by atoms with E-state index in [4.69, 9.17) is 4.98 Å². The maximum atomic E-state index is 13.2. The Morgan fingerprint density at radius 1 is 1.18 bits per heavy atom. The molecule has 1 aromatic heterocycles. The highest BCUT2D eigenvalue weighted by Crippen LogP contribution is 2.34. The predicted molar refractivity (Wildman–Crippen MR) is 115 cm³/mol. The van der Waals surface area contributed by atoms with E-state index >= 15 is 0 Å². The number of carbonyl (C=O) groups excluding carboxylic acids is 1. The molecule has 5 nitrogen and oxygen atoms in total. The zero-order valence-electron chi connectivity index (χ0n) is 15.3. The third-order valence-electron chi connectivity index (χ3n) is 4.29. The minimum absolute atomic E-state index is 0.0588. The van der Waals surface area contributed by atoms with Gasteiger partial charge in [-0.25, -0.2) is 4.98 Å². The lowest BCUT2D eigenvalue weighted by Crippen LogP contribution is -2.24. The molecule has 1 aliphatic heterocycles. The van der Waals surface area contributed by atoms with E-state index in [-0.39, 0.29) is 17.2 Å². The lowest BCUT2D eigenvalue weighted by molar-refractivity contribution is -0.113. The molecule has 7 heteroatoms. The molecule has 3 aromatic rings. The Bertz CT molecular complexity index is 1050. The summed E-state index contributed by atoms with van der Waals surface area (Å²) < 4.78 is 1.62. The Morgan fingerprint density at radius 3 is 2.57 bits per heavy atom. The molecule has 2 aromatic carbocycles. The first-order valence-corrected chi connectivity index (χ1v) is 10.8. The first-order valence-electron chi connectivity index (χ1n) is 8.97. The molecule has 4 rings (SSSR count). The quantitative estimate of drug-likeness (QED) is 0.510. The number of rotatable bonds is 5. The monoisotopic (exact) mass is 409 g/mol. The average Bonchev–Trinajstić information content (AvgIpc) is 3.08. The summed E-state index contributed by atoms with van der Waals surface area (Å²) in [5, 5.41) is 3.75. The van der Waals surface area contributed by atoms with Crippen molar-refractivity contribution in [1.82, 2.24) is 9.55 Å². The molecule has 0 fully saturated rings. The van der Waals surface area contributed by atoms with Gasteiger partial charge in [0.1, 0.15) is 0 Å². The second kappa shape index (κ2) is 8.24. The molecule has 0 radical (unpaired) electrons. The van der Waals surface area contributed by atoms with Crippen molar-refractivity contribution in [3.05, 3.63) is 76.7 Å². The van der Waals surface area contributed by atoms with Crippen molar-refractivity contribution >= 4 is 35.1 Å². The maximum absolute atomic E-state index is 13.2. The van der Waals surface area contributed by atoms with Crippen LogP contribution in [0, 0.1) is 0 Å². The van der Waals surface area contributed by atoms with Crippen LogP contribution in [-0.4, -0.2) is 26.5 Å². The first-order chi connectivity index (χ1) is 13.6. The van der Waals surface area contributed by atoms with Gasteiger partial charge in [-0.2, -0.15) is 0 Å². The van der Waals surface area contributed by atoms with Gasteiger partial charge in [-0.3, -0.25) is 14.2 Å². The highest BCUT2D eigenvalue weighted by molar-refractivity contribution is 8.00. The maximum Gasteiger partial charge on any atom is 0.272 e. The Kier molecular flexibility index (Phi) is 5.54. The number of carbonyl (C=O) groups is 1. The van der Waals surface area contributed by atoms with Crippen molar-refractivity contribution in [1.29, 1.82) is 0 Å². The average molecular weight is 410 g/mol. The van der Waals surface area contributed by atoms with Crippen LogP contribution in [0.3, 0.4) is 0 Å². The van der Waals surface area contributed by atoms with Gasteiger partial charge in [0.25, 0.3) is 5.56 Å². The van der Waals surface area contributed by atoms with Crippen LogP contribution in [0.2, 0.25) is 0 Å².